The normalized spacial score (nSPS) is 11.0. The summed E-state index contributed by atoms with van der Waals surface area (Å²) in [5, 5.41) is 9.73. The van der Waals surface area contributed by atoms with Gasteiger partial charge < -0.3 is 4.57 Å². The van der Waals surface area contributed by atoms with Gasteiger partial charge in [-0.1, -0.05) is 30.3 Å². The van der Waals surface area contributed by atoms with E-state index in [4.69, 9.17) is 0 Å². The number of Topliss-reactive ketones (excluding diaryl/α,β-unsaturated/α-hetero) is 1. The monoisotopic (exact) mass is 362 g/mol. The number of nitrogens with zero attached hydrogens (tertiary/aromatic N) is 3. The first-order chi connectivity index (χ1) is 12.7. The predicted octanol–water partition coefficient (Wildman–Crippen LogP) is 4.12. The molecule has 3 aromatic heterocycles. The number of aromatic amines is 1. The van der Waals surface area contributed by atoms with Crippen LogP contribution in [0.2, 0.25) is 0 Å². The van der Waals surface area contributed by atoms with Crippen LogP contribution < -0.4 is 0 Å². The number of rotatable bonds is 6. The lowest BCUT2D eigenvalue weighted by Gasteiger charge is -2.07. The average Bonchev–Trinajstić information content (AvgIpc) is 3.37. The van der Waals surface area contributed by atoms with Crippen LogP contribution in [0.1, 0.15) is 27.3 Å². The topological polar surface area (TPSA) is 63.6 Å². The Kier molecular flexibility index (Phi) is 4.50. The van der Waals surface area contributed by atoms with Gasteiger partial charge in [-0.2, -0.15) is 5.10 Å². The van der Waals surface area contributed by atoms with Gasteiger partial charge in [0.1, 0.15) is 5.01 Å². The van der Waals surface area contributed by atoms with Crippen LogP contribution in [0.3, 0.4) is 0 Å². The summed E-state index contributed by atoms with van der Waals surface area (Å²) in [5.41, 5.74) is 4.75. The molecule has 0 fully saturated rings. The summed E-state index contributed by atoms with van der Waals surface area (Å²) in [4.78, 5) is 17.4. The number of carbonyl (C=O) groups is 1. The molecule has 0 radical (unpaired) electrons. The van der Waals surface area contributed by atoms with Crippen LogP contribution in [0.15, 0.2) is 60.4 Å². The number of ketones is 1. The summed E-state index contributed by atoms with van der Waals surface area (Å²) in [7, 11) is 0. The van der Waals surface area contributed by atoms with E-state index >= 15 is 0 Å². The zero-order valence-electron chi connectivity index (χ0n) is 14.3. The molecule has 5 nitrogen and oxygen atoms in total. The quantitative estimate of drug-likeness (QED) is 0.525. The van der Waals surface area contributed by atoms with E-state index in [1.165, 1.54) is 0 Å². The highest BCUT2D eigenvalue weighted by Gasteiger charge is 2.15. The minimum absolute atomic E-state index is 0.120. The molecule has 0 aliphatic rings. The number of carbonyl (C=O) groups excluding carboxylic acids is 1. The van der Waals surface area contributed by atoms with E-state index < -0.39 is 0 Å². The Bertz CT molecular complexity index is 1020. The largest absolute Gasteiger partial charge is 0.339 e. The molecule has 26 heavy (non-hydrogen) atoms. The van der Waals surface area contributed by atoms with Gasteiger partial charge in [-0.15, -0.1) is 11.3 Å². The van der Waals surface area contributed by atoms with E-state index in [-0.39, 0.29) is 5.78 Å². The first kappa shape index (κ1) is 16.5. The van der Waals surface area contributed by atoms with E-state index in [0.717, 1.165) is 33.1 Å². The molecule has 4 rings (SSSR count). The van der Waals surface area contributed by atoms with Crippen molar-refractivity contribution in [3.05, 3.63) is 82.9 Å². The van der Waals surface area contributed by atoms with Crippen LogP contribution in [0.5, 0.6) is 0 Å². The number of benzene rings is 1. The van der Waals surface area contributed by atoms with Crippen molar-refractivity contribution in [2.45, 2.75) is 19.9 Å². The summed E-state index contributed by atoms with van der Waals surface area (Å²) >= 11 is 1.58. The minimum Gasteiger partial charge on any atom is -0.339 e. The maximum Gasteiger partial charge on any atom is 0.183 e. The first-order valence-electron chi connectivity index (χ1n) is 8.36. The zero-order valence-corrected chi connectivity index (χ0v) is 15.2. The molecule has 0 aliphatic carbocycles. The summed E-state index contributed by atoms with van der Waals surface area (Å²) in [6.07, 6.45) is 6.01. The zero-order chi connectivity index (χ0) is 17.9. The Morgan fingerprint density at radius 3 is 2.88 bits per heavy atom. The Hall–Kier alpha value is -2.99. The minimum atomic E-state index is 0.120. The second kappa shape index (κ2) is 7.09. The summed E-state index contributed by atoms with van der Waals surface area (Å²) in [6, 6.07) is 11.8. The van der Waals surface area contributed by atoms with Crippen LogP contribution in [0.25, 0.3) is 10.6 Å². The molecule has 0 saturated carbocycles. The third kappa shape index (κ3) is 3.50. The van der Waals surface area contributed by atoms with Gasteiger partial charge in [0.15, 0.2) is 5.78 Å². The molecule has 1 N–H and O–H groups in total. The molecule has 6 heteroatoms. The second-order valence-electron chi connectivity index (χ2n) is 6.25. The van der Waals surface area contributed by atoms with Gasteiger partial charge in [-0.25, -0.2) is 4.98 Å². The number of aromatic nitrogens is 4. The fourth-order valence-electron chi connectivity index (χ4n) is 2.95. The van der Waals surface area contributed by atoms with Gasteiger partial charge in [0.25, 0.3) is 0 Å². The van der Waals surface area contributed by atoms with Crippen LogP contribution in [0, 0.1) is 6.92 Å². The molecule has 0 aliphatic heterocycles. The van der Waals surface area contributed by atoms with E-state index in [9.17, 15) is 4.79 Å². The second-order valence-corrected chi connectivity index (χ2v) is 7.11. The van der Waals surface area contributed by atoms with Gasteiger partial charge in [0.2, 0.25) is 0 Å². The molecule has 0 spiro atoms. The van der Waals surface area contributed by atoms with Crippen molar-refractivity contribution in [2.75, 3.05) is 0 Å². The van der Waals surface area contributed by atoms with Crippen LogP contribution >= 0.6 is 11.3 Å². The van der Waals surface area contributed by atoms with E-state index in [1.807, 2.05) is 65.7 Å². The number of thiazole rings is 1. The molecule has 0 saturated heterocycles. The fraction of sp³-hybridized carbons (Fsp3) is 0.150. The van der Waals surface area contributed by atoms with Crippen molar-refractivity contribution in [3.8, 4) is 10.6 Å². The smallest absolute Gasteiger partial charge is 0.183 e. The third-order valence-electron chi connectivity index (χ3n) is 4.16. The summed E-state index contributed by atoms with van der Waals surface area (Å²) in [5.74, 6) is 0.120. The number of nitrogens with one attached hydrogen (secondary N) is 1. The fourth-order valence-corrected chi connectivity index (χ4v) is 3.74. The van der Waals surface area contributed by atoms with E-state index in [0.29, 0.717) is 13.0 Å². The molecule has 130 valence electrons. The van der Waals surface area contributed by atoms with Crippen molar-refractivity contribution >= 4 is 17.1 Å². The van der Waals surface area contributed by atoms with Crippen molar-refractivity contribution in [2.24, 2.45) is 0 Å². The molecule has 0 atom stereocenters. The maximum absolute atomic E-state index is 12.8. The molecule has 0 bridgehead atoms. The highest BCUT2D eigenvalue weighted by atomic mass is 32.1. The standard InChI is InChI=1S/C20H18N4OS/c1-14-7-18(19(25)8-15-5-3-2-4-6-15)24(11-14)12-17-13-26-20(23-17)16-9-21-22-10-16/h2-7,9-11,13H,8,12H2,1H3,(H,21,22). The van der Waals surface area contributed by atoms with E-state index in [1.54, 1.807) is 17.5 Å². The lowest BCUT2D eigenvalue weighted by Crippen LogP contribution is -2.11. The Morgan fingerprint density at radius 2 is 2.12 bits per heavy atom. The van der Waals surface area contributed by atoms with Gasteiger partial charge in [0.05, 0.1) is 24.1 Å². The summed E-state index contributed by atoms with van der Waals surface area (Å²) in [6.45, 7) is 2.59. The molecular weight excluding hydrogens is 344 g/mol. The van der Waals surface area contributed by atoms with Gasteiger partial charge in [0, 0.05) is 29.8 Å². The molecular formula is C20H18N4OS. The first-order valence-corrected chi connectivity index (χ1v) is 9.24. The van der Waals surface area contributed by atoms with Crippen molar-refractivity contribution in [1.29, 1.82) is 0 Å². The Labute approximate surface area is 155 Å². The molecule has 3 heterocycles. The summed E-state index contributed by atoms with van der Waals surface area (Å²) < 4.78 is 1.99. The van der Waals surface area contributed by atoms with Crippen LogP contribution in [-0.2, 0) is 13.0 Å². The van der Waals surface area contributed by atoms with Crippen molar-refractivity contribution in [1.82, 2.24) is 19.7 Å². The number of hydrogen-bond acceptors (Lipinski definition) is 4. The lowest BCUT2D eigenvalue weighted by molar-refractivity contribution is 0.0984. The molecule has 0 amide bonds. The van der Waals surface area contributed by atoms with Gasteiger partial charge in [-0.3, -0.25) is 9.89 Å². The number of hydrogen-bond donors (Lipinski definition) is 1. The predicted molar refractivity (Wildman–Crippen MR) is 102 cm³/mol. The van der Waals surface area contributed by atoms with Crippen LogP contribution in [0.4, 0.5) is 0 Å². The average molecular weight is 362 g/mol. The SMILES string of the molecule is Cc1cc(C(=O)Cc2ccccc2)n(Cc2csc(-c3cn[nH]c3)n2)c1. The van der Waals surface area contributed by atoms with E-state index in [2.05, 4.69) is 15.2 Å². The van der Waals surface area contributed by atoms with Crippen molar-refractivity contribution < 1.29 is 4.79 Å². The van der Waals surface area contributed by atoms with Crippen LogP contribution in [-0.4, -0.2) is 25.5 Å². The molecule has 4 aromatic rings. The lowest BCUT2D eigenvalue weighted by atomic mass is 10.1. The Morgan fingerprint density at radius 1 is 1.27 bits per heavy atom. The highest BCUT2D eigenvalue weighted by Crippen LogP contribution is 2.23. The number of aryl methyl sites for hydroxylation is 1. The third-order valence-corrected chi connectivity index (χ3v) is 5.10. The highest BCUT2D eigenvalue weighted by molar-refractivity contribution is 7.13. The molecule has 0 unspecified atom stereocenters. The maximum atomic E-state index is 12.8. The van der Waals surface area contributed by atoms with Gasteiger partial charge in [-0.05, 0) is 24.1 Å². The van der Waals surface area contributed by atoms with Crippen molar-refractivity contribution in [3.63, 3.8) is 0 Å². The molecule has 1 aromatic carbocycles. The number of H-pyrrole nitrogens is 1. The van der Waals surface area contributed by atoms with Gasteiger partial charge >= 0.3 is 0 Å². The Balaban J connectivity index is 1.55.